The van der Waals surface area contributed by atoms with Crippen molar-refractivity contribution in [2.45, 2.75) is 0 Å². The first-order chi connectivity index (χ1) is 15.0. The minimum atomic E-state index is -0.701. The van der Waals surface area contributed by atoms with E-state index in [1.807, 2.05) is 12.1 Å². The van der Waals surface area contributed by atoms with Gasteiger partial charge >= 0.3 is 0 Å². The summed E-state index contributed by atoms with van der Waals surface area (Å²) in [5.41, 5.74) is 8.93. The molecule has 4 aromatic rings. The number of carbonyl (C=O) groups excluding carboxylic acids is 1. The number of nitrogens with zero attached hydrogens (tertiary/aromatic N) is 4. The fraction of sp³-hybridized carbons (Fsp3) is 0. The third-order valence-electron chi connectivity index (χ3n) is 4.48. The van der Waals surface area contributed by atoms with Crippen molar-refractivity contribution in [2.75, 3.05) is 5.32 Å². The standard InChI is InChI=1S/C22H14Cl2N6O/c23-16-4-1-5-17(24)21(16)30-12-18(20(29-30)22(26)31)28-15-8-6-13(7-9-15)19-14(11-25)3-2-10-27-19/h1-10,12,28H,(H2,26,31). The molecule has 0 fully saturated rings. The van der Waals surface area contributed by atoms with Gasteiger partial charge in [0.25, 0.3) is 5.91 Å². The van der Waals surface area contributed by atoms with Crippen LogP contribution in [0.2, 0.25) is 10.0 Å². The maximum atomic E-state index is 11.9. The minimum absolute atomic E-state index is 0.0385. The van der Waals surface area contributed by atoms with Crippen molar-refractivity contribution in [1.29, 1.82) is 5.26 Å². The van der Waals surface area contributed by atoms with Crippen LogP contribution in [0.1, 0.15) is 16.1 Å². The van der Waals surface area contributed by atoms with E-state index in [0.29, 0.717) is 38.4 Å². The topological polar surface area (TPSA) is 110 Å². The van der Waals surface area contributed by atoms with Crippen molar-refractivity contribution in [2.24, 2.45) is 5.73 Å². The van der Waals surface area contributed by atoms with E-state index in [-0.39, 0.29) is 5.69 Å². The number of benzene rings is 2. The lowest BCUT2D eigenvalue weighted by Crippen LogP contribution is -2.14. The average Bonchev–Trinajstić information content (AvgIpc) is 3.17. The molecule has 0 spiro atoms. The quantitative estimate of drug-likeness (QED) is 0.448. The number of primary amides is 1. The second kappa shape index (κ2) is 8.48. The largest absolute Gasteiger partial charge is 0.364 e. The lowest BCUT2D eigenvalue weighted by molar-refractivity contribution is 0.0996. The van der Waals surface area contributed by atoms with Crippen molar-refractivity contribution in [3.63, 3.8) is 0 Å². The van der Waals surface area contributed by atoms with Crippen LogP contribution in [0, 0.1) is 11.3 Å². The molecule has 152 valence electrons. The van der Waals surface area contributed by atoms with Crippen molar-refractivity contribution in [3.05, 3.63) is 88.3 Å². The number of hydrogen-bond acceptors (Lipinski definition) is 5. The molecule has 0 aliphatic heterocycles. The number of para-hydroxylation sites is 1. The molecule has 7 nitrogen and oxygen atoms in total. The van der Waals surface area contributed by atoms with Crippen molar-refractivity contribution >= 4 is 40.5 Å². The van der Waals surface area contributed by atoms with Crippen LogP contribution < -0.4 is 11.1 Å². The molecule has 0 aliphatic rings. The van der Waals surface area contributed by atoms with Gasteiger partial charge in [-0.15, -0.1) is 0 Å². The van der Waals surface area contributed by atoms with Crippen LogP contribution in [0.5, 0.6) is 0 Å². The van der Waals surface area contributed by atoms with Crippen LogP contribution >= 0.6 is 23.2 Å². The molecule has 2 aromatic heterocycles. The number of halogens is 2. The molecule has 31 heavy (non-hydrogen) atoms. The van der Waals surface area contributed by atoms with Gasteiger partial charge in [-0.25, -0.2) is 4.68 Å². The van der Waals surface area contributed by atoms with E-state index in [1.54, 1.807) is 54.9 Å². The zero-order valence-electron chi connectivity index (χ0n) is 15.9. The fourth-order valence-electron chi connectivity index (χ4n) is 3.06. The minimum Gasteiger partial charge on any atom is -0.364 e. The number of aromatic nitrogens is 3. The summed E-state index contributed by atoms with van der Waals surface area (Å²) < 4.78 is 1.41. The van der Waals surface area contributed by atoms with E-state index in [9.17, 15) is 10.1 Å². The summed E-state index contributed by atoms with van der Waals surface area (Å²) in [5.74, 6) is -0.701. The summed E-state index contributed by atoms with van der Waals surface area (Å²) in [6.07, 6.45) is 3.23. The Labute approximate surface area is 187 Å². The first-order valence-corrected chi connectivity index (χ1v) is 9.80. The summed E-state index contributed by atoms with van der Waals surface area (Å²) in [5, 5.41) is 17.4. The number of amides is 1. The highest BCUT2D eigenvalue weighted by Gasteiger charge is 2.18. The second-order valence-corrected chi connectivity index (χ2v) is 7.30. The molecular formula is C22H14Cl2N6O. The van der Waals surface area contributed by atoms with Gasteiger partial charge in [0.2, 0.25) is 0 Å². The van der Waals surface area contributed by atoms with Crippen LogP contribution in [0.15, 0.2) is 67.0 Å². The highest BCUT2D eigenvalue weighted by atomic mass is 35.5. The number of rotatable bonds is 5. The summed E-state index contributed by atoms with van der Waals surface area (Å²) >= 11 is 12.5. The van der Waals surface area contributed by atoms with Crippen molar-refractivity contribution < 1.29 is 4.79 Å². The average molecular weight is 449 g/mol. The summed E-state index contributed by atoms with van der Waals surface area (Å²) in [7, 11) is 0. The zero-order chi connectivity index (χ0) is 22.0. The van der Waals surface area contributed by atoms with Crippen LogP contribution in [0.3, 0.4) is 0 Å². The highest BCUT2D eigenvalue weighted by Crippen LogP contribution is 2.31. The predicted octanol–water partition coefficient (Wildman–Crippen LogP) is 4.96. The first kappa shape index (κ1) is 20.4. The molecule has 0 bridgehead atoms. The number of carbonyl (C=O) groups is 1. The number of anilines is 2. The van der Waals surface area contributed by atoms with Gasteiger partial charge in [-0.2, -0.15) is 10.4 Å². The Morgan fingerprint density at radius 2 is 1.77 bits per heavy atom. The fourth-order valence-corrected chi connectivity index (χ4v) is 3.63. The van der Waals surface area contributed by atoms with Gasteiger partial charge in [-0.1, -0.05) is 41.4 Å². The van der Waals surface area contributed by atoms with Gasteiger partial charge in [-0.05, 0) is 36.4 Å². The molecule has 1 amide bonds. The lowest BCUT2D eigenvalue weighted by Gasteiger charge is -2.08. The first-order valence-electron chi connectivity index (χ1n) is 9.04. The van der Waals surface area contributed by atoms with Crippen molar-refractivity contribution in [3.8, 4) is 23.0 Å². The Balaban J connectivity index is 1.67. The van der Waals surface area contributed by atoms with E-state index in [1.165, 1.54) is 4.68 Å². The van der Waals surface area contributed by atoms with E-state index >= 15 is 0 Å². The second-order valence-electron chi connectivity index (χ2n) is 6.48. The number of hydrogen-bond donors (Lipinski definition) is 2. The van der Waals surface area contributed by atoms with Crippen LogP contribution in [0.4, 0.5) is 11.4 Å². The molecule has 0 aliphatic carbocycles. The smallest absolute Gasteiger partial charge is 0.271 e. The monoisotopic (exact) mass is 448 g/mol. The molecule has 0 saturated heterocycles. The molecule has 0 saturated carbocycles. The lowest BCUT2D eigenvalue weighted by atomic mass is 10.1. The molecule has 0 atom stereocenters. The molecule has 3 N–H and O–H groups in total. The van der Waals surface area contributed by atoms with E-state index in [0.717, 1.165) is 5.56 Å². The molecular weight excluding hydrogens is 435 g/mol. The number of nitriles is 1. The summed E-state index contributed by atoms with van der Waals surface area (Å²) in [4.78, 5) is 16.2. The van der Waals surface area contributed by atoms with Gasteiger partial charge in [0.15, 0.2) is 5.69 Å². The zero-order valence-corrected chi connectivity index (χ0v) is 17.4. The van der Waals surface area contributed by atoms with Gasteiger partial charge in [0.1, 0.15) is 11.8 Å². The third-order valence-corrected chi connectivity index (χ3v) is 5.09. The van der Waals surface area contributed by atoms with Gasteiger partial charge in [-0.3, -0.25) is 9.78 Å². The molecule has 0 unspecified atom stereocenters. The van der Waals surface area contributed by atoms with E-state index in [2.05, 4.69) is 21.5 Å². The molecule has 2 heterocycles. The van der Waals surface area contributed by atoms with Gasteiger partial charge < -0.3 is 11.1 Å². The number of nitrogens with one attached hydrogen (secondary N) is 1. The maximum absolute atomic E-state index is 11.9. The summed E-state index contributed by atoms with van der Waals surface area (Å²) in [6, 6.07) is 17.9. The highest BCUT2D eigenvalue weighted by molar-refractivity contribution is 6.37. The number of pyridine rings is 1. The molecule has 2 aromatic carbocycles. The Kier molecular flexibility index (Phi) is 5.58. The molecule has 9 heteroatoms. The Morgan fingerprint density at radius 1 is 1.06 bits per heavy atom. The maximum Gasteiger partial charge on any atom is 0.271 e. The Morgan fingerprint density at radius 3 is 2.42 bits per heavy atom. The van der Waals surface area contributed by atoms with Crippen LogP contribution in [0.25, 0.3) is 16.9 Å². The van der Waals surface area contributed by atoms with Crippen molar-refractivity contribution in [1.82, 2.24) is 14.8 Å². The van der Waals surface area contributed by atoms with Gasteiger partial charge in [0.05, 0.1) is 33.2 Å². The normalized spacial score (nSPS) is 10.5. The van der Waals surface area contributed by atoms with Crippen LogP contribution in [-0.4, -0.2) is 20.7 Å². The summed E-state index contributed by atoms with van der Waals surface area (Å²) in [6.45, 7) is 0. The number of nitrogens with two attached hydrogens (primary N) is 1. The van der Waals surface area contributed by atoms with Crippen LogP contribution in [-0.2, 0) is 0 Å². The SMILES string of the molecule is N#Cc1cccnc1-c1ccc(Nc2cn(-c3c(Cl)cccc3Cl)nc2C(N)=O)cc1. The van der Waals surface area contributed by atoms with E-state index in [4.69, 9.17) is 28.9 Å². The van der Waals surface area contributed by atoms with E-state index < -0.39 is 5.91 Å². The third kappa shape index (κ3) is 4.08. The molecule has 4 rings (SSSR count). The molecule has 0 radical (unpaired) electrons. The Hall–Kier alpha value is -3.86. The van der Waals surface area contributed by atoms with Gasteiger partial charge in [0, 0.05) is 17.4 Å². The Bertz CT molecular complexity index is 1300. The predicted molar refractivity (Wildman–Crippen MR) is 120 cm³/mol.